The molecule has 0 aliphatic carbocycles. The average Bonchev–Trinajstić information content (AvgIpc) is 3.10. The van der Waals surface area contributed by atoms with Gasteiger partial charge in [-0.15, -0.1) is 24.0 Å². The van der Waals surface area contributed by atoms with E-state index in [9.17, 15) is 0 Å². The van der Waals surface area contributed by atoms with Crippen LogP contribution in [0.4, 0.5) is 5.82 Å². The van der Waals surface area contributed by atoms with Crippen LogP contribution >= 0.6 is 24.0 Å². The van der Waals surface area contributed by atoms with Gasteiger partial charge in [-0.2, -0.15) is 0 Å². The number of anilines is 1. The van der Waals surface area contributed by atoms with Crippen molar-refractivity contribution in [3.8, 4) is 5.75 Å². The zero-order valence-corrected chi connectivity index (χ0v) is 22.4. The largest absolute Gasteiger partial charge is 0.491 e. The van der Waals surface area contributed by atoms with E-state index in [0.29, 0.717) is 26.3 Å². The van der Waals surface area contributed by atoms with Gasteiger partial charge in [0.2, 0.25) is 0 Å². The maximum Gasteiger partial charge on any atom is 0.191 e. The van der Waals surface area contributed by atoms with Gasteiger partial charge in [0.1, 0.15) is 18.2 Å². The number of hydrogen-bond donors (Lipinski definition) is 2. The topological polar surface area (TPSA) is 71.0 Å². The summed E-state index contributed by atoms with van der Waals surface area (Å²) in [5.41, 5.74) is 3.45. The van der Waals surface area contributed by atoms with Gasteiger partial charge in [-0.05, 0) is 49.1 Å². The van der Waals surface area contributed by atoms with Crippen molar-refractivity contribution in [1.29, 1.82) is 0 Å². The predicted octanol–water partition coefficient (Wildman–Crippen LogP) is 4.28. The molecule has 33 heavy (non-hydrogen) atoms. The highest BCUT2D eigenvalue weighted by Gasteiger charge is 2.12. The molecule has 8 heteroatoms. The predicted molar refractivity (Wildman–Crippen MR) is 146 cm³/mol. The molecule has 1 aliphatic rings. The fourth-order valence-corrected chi connectivity index (χ4v) is 3.81. The van der Waals surface area contributed by atoms with Gasteiger partial charge in [-0.1, -0.05) is 25.0 Å². The summed E-state index contributed by atoms with van der Waals surface area (Å²) < 4.78 is 11.0. The normalized spacial score (nSPS) is 14.3. The van der Waals surface area contributed by atoms with Crippen molar-refractivity contribution in [1.82, 2.24) is 15.6 Å². The monoisotopic (exact) mass is 567 g/mol. The third kappa shape index (κ3) is 9.00. The number of aromatic nitrogens is 1. The fourth-order valence-electron chi connectivity index (χ4n) is 3.81. The highest BCUT2D eigenvalue weighted by molar-refractivity contribution is 14.0. The number of benzene rings is 1. The molecule has 0 bridgehead atoms. The van der Waals surface area contributed by atoms with E-state index in [1.165, 1.54) is 36.8 Å². The molecule has 1 aromatic carbocycles. The highest BCUT2D eigenvalue weighted by atomic mass is 127. The molecule has 0 amide bonds. The molecule has 2 N–H and O–H groups in total. The summed E-state index contributed by atoms with van der Waals surface area (Å²) >= 11 is 0. The van der Waals surface area contributed by atoms with E-state index >= 15 is 0 Å². The minimum absolute atomic E-state index is 0. The summed E-state index contributed by atoms with van der Waals surface area (Å²) in [7, 11) is 3.47. The van der Waals surface area contributed by atoms with Crippen LogP contribution in [0.3, 0.4) is 0 Å². The summed E-state index contributed by atoms with van der Waals surface area (Å²) in [5.74, 6) is 2.70. The van der Waals surface area contributed by atoms with E-state index in [0.717, 1.165) is 36.2 Å². The van der Waals surface area contributed by atoms with Crippen molar-refractivity contribution in [2.75, 3.05) is 45.4 Å². The van der Waals surface area contributed by atoms with Crippen LogP contribution in [0.5, 0.6) is 5.75 Å². The van der Waals surface area contributed by atoms with Crippen LogP contribution in [0.15, 0.2) is 41.5 Å². The zero-order chi connectivity index (χ0) is 22.6. The lowest BCUT2D eigenvalue weighted by molar-refractivity contribution is 0.145. The lowest BCUT2D eigenvalue weighted by Crippen LogP contribution is -2.36. The fraction of sp³-hybridized carbons (Fsp3) is 0.520. The molecule has 0 saturated carbocycles. The number of aliphatic imine (C=N–C) groups is 1. The Balaban J connectivity index is 0.00000385. The van der Waals surface area contributed by atoms with Gasteiger partial charge in [0.15, 0.2) is 5.96 Å². The van der Waals surface area contributed by atoms with Gasteiger partial charge < -0.3 is 25.0 Å². The lowest BCUT2D eigenvalue weighted by atomic mass is 10.1. The van der Waals surface area contributed by atoms with Crippen LogP contribution < -0.4 is 20.3 Å². The lowest BCUT2D eigenvalue weighted by Gasteiger charge is -2.22. The van der Waals surface area contributed by atoms with E-state index in [-0.39, 0.29) is 24.0 Å². The van der Waals surface area contributed by atoms with Gasteiger partial charge in [0.25, 0.3) is 0 Å². The Morgan fingerprint density at radius 1 is 1.03 bits per heavy atom. The minimum Gasteiger partial charge on any atom is -0.491 e. The Bertz CT molecular complexity index is 870. The van der Waals surface area contributed by atoms with Crippen LogP contribution in [-0.2, 0) is 17.8 Å². The van der Waals surface area contributed by atoms with Gasteiger partial charge in [0, 0.05) is 52.1 Å². The van der Waals surface area contributed by atoms with Crippen molar-refractivity contribution in [3.05, 3.63) is 53.2 Å². The van der Waals surface area contributed by atoms with Crippen molar-refractivity contribution >= 4 is 35.8 Å². The average molecular weight is 568 g/mol. The Kier molecular flexibility index (Phi) is 12.3. The van der Waals surface area contributed by atoms with Crippen LogP contribution in [0.2, 0.25) is 0 Å². The second kappa shape index (κ2) is 15.0. The van der Waals surface area contributed by atoms with Gasteiger partial charge in [-0.3, -0.25) is 4.99 Å². The first-order chi connectivity index (χ1) is 15.7. The maximum atomic E-state index is 5.90. The maximum absolute atomic E-state index is 5.90. The summed E-state index contributed by atoms with van der Waals surface area (Å²) in [6.07, 6.45) is 7.04. The Morgan fingerprint density at radius 2 is 1.79 bits per heavy atom. The van der Waals surface area contributed by atoms with E-state index in [4.69, 9.17) is 9.47 Å². The minimum atomic E-state index is 0. The molecule has 1 fully saturated rings. The number of hydrogen-bond acceptors (Lipinski definition) is 5. The number of ether oxygens (including phenoxy) is 2. The molecular formula is C25H38IN5O2. The molecule has 2 heterocycles. The molecule has 0 spiro atoms. The molecule has 7 nitrogen and oxygen atoms in total. The van der Waals surface area contributed by atoms with Crippen molar-refractivity contribution < 1.29 is 9.47 Å². The second-order valence-corrected chi connectivity index (χ2v) is 8.16. The van der Waals surface area contributed by atoms with Crippen LogP contribution in [0.25, 0.3) is 0 Å². The zero-order valence-electron chi connectivity index (χ0n) is 20.1. The summed E-state index contributed by atoms with van der Waals surface area (Å²) in [5, 5.41) is 6.81. The molecule has 1 saturated heterocycles. The summed E-state index contributed by atoms with van der Waals surface area (Å²) in [6.45, 7) is 6.66. The molecule has 1 aliphatic heterocycles. The van der Waals surface area contributed by atoms with Crippen LogP contribution in [0, 0.1) is 6.92 Å². The number of pyridine rings is 1. The van der Waals surface area contributed by atoms with Crippen molar-refractivity contribution in [2.45, 2.75) is 45.7 Å². The number of aryl methyl sites for hydroxylation is 1. The number of methoxy groups -OCH3 is 1. The van der Waals surface area contributed by atoms with Gasteiger partial charge in [-0.25, -0.2) is 4.98 Å². The van der Waals surface area contributed by atoms with Gasteiger partial charge >= 0.3 is 0 Å². The van der Waals surface area contributed by atoms with E-state index in [1.807, 2.05) is 6.20 Å². The van der Waals surface area contributed by atoms with E-state index in [1.54, 1.807) is 14.2 Å². The molecule has 3 rings (SSSR count). The first-order valence-corrected chi connectivity index (χ1v) is 11.6. The molecule has 0 unspecified atom stereocenters. The summed E-state index contributed by atoms with van der Waals surface area (Å²) in [6, 6.07) is 10.5. The van der Waals surface area contributed by atoms with Crippen LogP contribution in [0.1, 0.15) is 42.4 Å². The Labute approximate surface area is 215 Å². The number of nitrogens with zero attached hydrogens (tertiary/aromatic N) is 3. The Morgan fingerprint density at radius 3 is 2.52 bits per heavy atom. The SMILES string of the molecule is CN=C(NCc1ccnc(N2CCCCCC2)c1)NCc1ccc(C)cc1OCCOC.I. The number of rotatable bonds is 9. The molecule has 2 aromatic rings. The first-order valence-electron chi connectivity index (χ1n) is 11.6. The highest BCUT2D eigenvalue weighted by Crippen LogP contribution is 2.21. The number of guanidine groups is 1. The molecule has 182 valence electrons. The number of nitrogens with one attached hydrogen (secondary N) is 2. The molecular weight excluding hydrogens is 529 g/mol. The van der Waals surface area contributed by atoms with E-state index < -0.39 is 0 Å². The van der Waals surface area contributed by atoms with Crippen LogP contribution in [-0.4, -0.2) is 51.4 Å². The quantitative estimate of drug-likeness (QED) is 0.204. The standard InChI is InChI=1S/C25H37N5O2.HI/c1-20-8-9-22(23(16-20)32-15-14-31-3)19-29-25(26-2)28-18-21-10-11-27-24(17-21)30-12-6-4-5-7-13-30;/h8-11,16-17H,4-7,12-15,18-19H2,1-3H3,(H2,26,28,29);1H. The molecule has 0 radical (unpaired) electrons. The van der Waals surface area contributed by atoms with Crippen molar-refractivity contribution in [3.63, 3.8) is 0 Å². The van der Waals surface area contributed by atoms with E-state index in [2.05, 4.69) is 62.8 Å². The Hall–Kier alpha value is -2.07. The third-order valence-electron chi connectivity index (χ3n) is 5.64. The van der Waals surface area contributed by atoms with Crippen molar-refractivity contribution in [2.24, 2.45) is 4.99 Å². The molecule has 0 atom stereocenters. The first kappa shape index (κ1) is 27.2. The van der Waals surface area contributed by atoms with Gasteiger partial charge in [0.05, 0.1) is 6.61 Å². The second-order valence-electron chi connectivity index (χ2n) is 8.16. The summed E-state index contributed by atoms with van der Waals surface area (Å²) in [4.78, 5) is 11.4. The number of halogens is 1. The third-order valence-corrected chi connectivity index (χ3v) is 5.64. The smallest absolute Gasteiger partial charge is 0.191 e. The molecule has 1 aromatic heterocycles.